The molecule has 0 aromatic heterocycles. The number of rotatable bonds is 19. The summed E-state index contributed by atoms with van der Waals surface area (Å²) in [6.45, 7) is 12.5. The Kier molecular flexibility index (Phi) is 16.2. The summed E-state index contributed by atoms with van der Waals surface area (Å²) in [5.74, 6) is -0.826. The molecule has 5 N–H and O–H groups in total. The Bertz CT molecular complexity index is 1520. The van der Waals surface area contributed by atoms with Crippen molar-refractivity contribution in [2.75, 3.05) is 6.54 Å². The molecular weight excluding hydrogens is 632 g/mol. The van der Waals surface area contributed by atoms with E-state index in [0.29, 0.717) is 25.3 Å². The van der Waals surface area contributed by atoms with Gasteiger partial charge in [0.05, 0.1) is 18.6 Å². The highest BCUT2D eigenvalue weighted by Crippen LogP contribution is 2.20. The fraction of sp³-hybridized carbons (Fsp3) is 0.500. The van der Waals surface area contributed by atoms with Gasteiger partial charge in [0.1, 0.15) is 18.7 Å². The van der Waals surface area contributed by atoms with E-state index in [-0.39, 0.29) is 37.2 Å². The van der Waals surface area contributed by atoms with E-state index in [2.05, 4.69) is 21.3 Å². The molecule has 10 heteroatoms. The zero-order valence-electron chi connectivity index (χ0n) is 30.4. The highest BCUT2D eigenvalue weighted by Gasteiger charge is 2.32. The van der Waals surface area contributed by atoms with Crippen LogP contribution in [0.5, 0.6) is 0 Å². The summed E-state index contributed by atoms with van der Waals surface area (Å²) in [6, 6.07) is 20.1. The molecule has 50 heavy (non-hydrogen) atoms. The molecule has 0 aliphatic rings. The van der Waals surface area contributed by atoms with Crippen molar-refractivity contribution in [3.8, 4) is 0 Å². The number of hydrogen-bond donors (Lipinski definition) is 5. The summed E-state index contributed by atoms with van der Waals surface area (Å²) >= 11 is 0. The number of ether oxygens (including phenoxy) is 1. The second kappa shape index (κ2) is 20.3. The van der Waals surface area contributed by atoms with Gasteiger partial charge in [0.15, 0.2) is 0 Å². The van der Waals surface area contributed by atoms with Crippen LogP contribution in [0.4, 0.5) is 4.79 Å². The number of aliphatic hydroxyl groups is 1. The van der Waals surface area contributed by atoms with Crippen LogP contribution >= 0.6 is 0 Å². The van der Waals surface area contributed by atoms with Crippen molar-refractivity contribution in [2.24, 2.45) is 17.8 Å². The highest BCUT2D eigenvalue weighted by atomic mass is 16.5. The summed E-state index contributed by atoms with van der Waals surface area (Å²) in [7, 11) is 0. The maximum atomic E-state index is 14.0. The Morgan fingerprint density at radius 2 is 1.38 bits per heavy atom. The Balaban J connectivity index is 1.80. The number of nitrogens with one attached hydrogen (secondary N) is 4. The molecule has 0 heterocycles. The lowest BCUT2D eigenvalue weighted by atomic mass is 9.95. The van der Waals surface area contributed by atoms with Crippen LogP contribution in [0.25, 0.3) is 10.8 Å². The highest BCUT2D eigenvalue weighted by molar-refractivity contribution is 5.92. The zero-order chi connectivity index (χ0) is 36.6. The maximum absolute atomic E-state index is 14.0. The van der Waals surface area contributed by atoms with Gasteiger partial charge in [-0.1, -0.05) is 121 Å². The number of fused-ring (bicyclic) bond motifs is 1. The lowest BCUT2D eigenvalue weighted by Crippen LogP contribution is -2.57. The predicted molar refractivity (Wildman–Crippen MR) is 197 cm³/mol. The van der Waals surface area contributed by atoms with E-state index in [1.54, 1.807) is 0 Å². The lowest BCUT2D eigenvalue weighted by Gasteiger charge is -2.29. The van der Waals surface area contributed by atoms with Crippen LogP contribution in [0.1, 0.15) is 78.4 Å². The molecule has 0 fully saturated rings. The van der Waals surface area contributed by atoms with Crippen LogP contribution in [0, 0.1) is 17.8 Å². The second-order valence-electron chi connectivity index (χ2n) is 14.1. The Hall–Kier alpha value is -4.44. The summed E-state index contributed by atoms with van der Waals surface area (Å²) in [5.41, 5.74) is 1.65. The summed E-state index contributed by atoms with van der Waals surface area (Å²) in [4.78, 5) is 53.5. The smallest absolute Gasteiger partial charge is 0.408 e. The molecule has 3 aromatic carbocycles. The number of carbonyl (C=O) groups is 4. The van der Waals surface area contributed by atoms with Gasteiger partial charge in [0.25, 0.3) is 0 Å². The monoisotopic (exact) mass is 688 g/mol. The van der Waals surface area contributed by atoms with Crippen molar-refractivity contribution in [1.82, 2.24) is 21.3 Å². The first-order valence-corrected chi connectivity index (χ1v) is 17.9. The van der Waals surface area contributed by atoms with Gasteiger partial charge >= 0.3 is 6.09 Å². The first-order valence-electron chi connectivity index (χ1n) is 17.9. The average molecular weight is 689 g/mol. The van der Waals surface area contributed by atoms with Gasteiger partial charge in [-0.05, 0) is 52.5 Å². The molecule has 0 saturated carbocycles. The van der Waals surface area contributed by atoms with Crippen molar-refractivity contribution in [3.63, 3.8) is 0 Å². The van der Waals surface area contributed by atoms with Crippen molar-refractivity contribution in [2.45, 2.75) is 104 Å². The molecule has 3 aromatic rings. The van der Waals surface area contributed by atoms with Gasteiger partial charge in [0.2, 0.25) is 17.7 Å². The van der Waals surface area contributed by atoms with Gasteiger partial charge in [-0.2, -0.15) is 0 Å². The first kappa shape index (κ1) is 40.0. The van der Waals surface area contributed by atoms with E-state index < -0.39 is 42.1 Å². The zero-order valence-corrected chi connectivity index (χ0v) is 30.4. The second-order valence-corrected chi connectivity index (χ2v) is 14.1. The number of carbonyl (C=O) groups excluding carboxylic acids is 4. The van der Waals surface area contributed by atoms with E-state index >= 15 is 0 Å². The van der Waals surface area contributed by atoms with Gasteiger partial charge in [0, 0.05) is 13.0 Å². The third-order valence-corrected chi connectivity index (χ3v) is 8.72. The molecule has 3 rings (SSSR count). The molecule has 5 atom stereocenters. The summed E-state index contributed by atoms with van der Waals surface area (Å²) in [5, 5.41) is 24.5. The quantitative estimate of drug-likeness (QED) is 0.110. The van der Waals surface area contributed by atoms with Gasteiger partial charge in [-0.15, -0.1) is 0 Å². The third kappa shape index (κ3) is 13.5. The first-order chi connectivity index (χ1) is 23.9. The van der Waals surface area contributed by atoms with Crippen molar-refractivity contribution >= 4 is 34.6 Å². The van der Waals surface area contributed by atoms with Gasteiger partial charge in [-0.3, -0.25) is 14.4 Å². The third-order valence-electron chi connectivity index (χ3n) is 8.72. The van der Waals surface area contributed by atoms with E-state index in [4.69, 9.17) is 4.74 Å². The number of benzene rings is 3. The van der Waals surface area contributed by atoms with E-state index in [1.165, 1.54) is 0 Å². The molecular formula is C40H56N4O6. The van der Waals surface area contributed by atoms with Gasteiger partial charge < -0.3 is 31.1 Å². The van der Waals surface area contributed by atoms with Crippen molar-refractivity contribution < 1.29 is 29.0 Å². The van der Waals surface area contributed by atoms with E-state index in [0.717, 1.165) is 28.3 Å². The van der Waals surface area contributed by atoms with Crippen LogP contribution in [0.15, 0.2) is 72.8 Å². The van der Waals surface area contributed by atoms with Crippen LogP contribution in [0.2, 0.25) is 0 Å². The fourth-order valence-electron chi connectivity index (χ4n) is 5.72. The Morgan fingerprint density at radius 3 is 2.06 bits per heavy atom. The minimum Gasteiger partial charge on any atom is -0.445 e. The number of alkyl carbamates (subject to hydrolysis) is 1. The molecule has 0 bridgehead atoms. The van der Waals surface area contributed by atoms with Crippen LogP contribution in [0.3, 0.4) is 0 Å². The molecule has 10 nitrogen and oxygen atoms in total. The topological polar surface area (TPSA) is 146 Å². The van der Waals surface area contributed by atoms with Crippen LogP contribution in [-0.2, 0) is 32.1 Å². The Labute approximate surface area is 297 Å². The molecule has 1 unspecified atom stereocenters. The Morgan fingerprint density at radius 1 is 0.740 bits per heavy atom. The van der Waals surface area contributed by atoms with Crippen molar-refractivity contribution in [3.05, 3.63) is 83.9 Å². The molecule has 0 radical (unpaired) electrons. The van der Waals surface area contributed by atoms with Gasteiger partial charge in [-0.25, -0.2) is 4.79 Å². The molecule has 0 saturated heterocycles. The number of hydrogen-bond acceptors (Lipinski definition) is 6. The minimum atomic E-state index is -1.12. The molecule has 0 aliphatic heterocycles. The number of aliphatic hydroxyl groups excluding tert-OH is 1. The van der Waals surface area contributed by atoms with E-state index in [1.807, 2.05) is 114 Å². The predicted octanol–water partition coefficient (Wildman–Crippen LogP) is 5.65. The van der Waals surface area contributed by atoms with Crippen molar-refractivity contribution in [1.29, 1.82) is 0 Å². The minimum absolute atomic E-state index is 0.0306. The standard InChI is InChI=1S/C40H56N4O6/c1-7-28(6)24-41-37(46)23-36(45)33(20-26(2)3)42-38(47)34(21-27(4)5)43-39(48)35(44-40(49)50-25-29-14-9-8-10-15-29)22-31-18-13-17-30-16-11-12-19-32(30)31/h8-19,26-28,33-36,45H,7,20-25H2,1-6H3,(H,41,46)(H,42,47)(H,43,48)(H,44,49)/t28?,33-,34-,35-,36-/m0/s1. The average Bonchev–Trinajstić information content (AvgIpc) is 3.08. The lowest BCUT2D eigenvalue weighted by molar-refractivity contribution is -0.131. The SMILES string of the molecule is CCC(C)CNC(=O)C[C@H](O)[C@H](CC(C)C)NC(=O)[C@H](CC(C)C)NC(=O)[C@H](Cc1cccc2ccccc12)NC(=O)OCc1ccccc1. The summed E-state index contributed by atoms with van der Waals surface area (Å²) in [6.07, 6.45) is -0.199. The van der Waals surface area contributed by atoms with Crippen LogP contribution < -0.4 is 21.3 Å². The van der Waals surface area contributed by atoms with Crippen LogP contribution in [-0.4, -0.2) is 59.7 Å². The summed E-state index contributed by atoms with van der Waals surface area (Å²) < 4.78 is 5.47. The largest absolute Gasteiger partial charge is 0.445 e. The number of amides is 4. The molecule has 4 amide bonds. The van der Waals surface area contributed by atoms with E-state index in [9.17, 15) is 24.3 Å². The maximum Gasteiger partial charge on any atom is 0.408 e. The molecule has 272 valence electrons. The molecule has 0 spiro atoms. The normalized spacial score (nSPS) is 14.3. The molecule has 0 aliphatic carbocycles. The fourth-order valence-corrected chi connectivity index (χ4v) is 5.72.